The molecular formula is C20H16F2N4O2. The topological polar surface area (TPSA) is 84.7 Å². The molecule has 2 N–H and O–H groups in total. The summed E-state index contributed by atoms with van der Waals surface area (Å²) < 4.78 is 32.7. The number of furan rings is 1. The van der Waals surface area contributed by atoms with Gasteiger partial charge in [0.25, 0.3) is 5.91 Å². The van der Waals surface area contributed by atoms with Crippen LogP contribution in [0.25, 0.3) is 11.1 Å². The number of rotatable bonds is 4. The smallest absolute Gasteiger partial charge is 0.266 e. The zero-order valence-corrected chi connectivity index (χ0v) is 14.9. The number of alkyl halides is 1. The minimum absolute atomic E-state index is 0.0118. The van der Waals surface area contributed by atoms with Crippen molar-refractivity contribution >= 4 is 11.9 Å². The molecule has 1 aliphatic rings. The molecule has 0 bridgehead atoms. The van der Waals surface area contributed by atoms with Gasteiger partial charge in [0.2, 0.25) is 0 Å². The summed E-state index contributed by atoms with van der Waals surface area (Å²) >= 11 is 0. The normalized spacial score (nSPS) is 19.2. The van der Waals surface area contributed by atoms with Gasteiger partial charge >= 0.3 is 0 Å². The van der Waals surface area contributed by atoms with Gasteiger partial charge in [-0.05, 0) is 41.5 Å². The van der Waals surface area contributed by atoms with E-state index in [1.54, 1.807) is 12.1 Å². The Hall–Kier alpha value is -3.55. The van der Waals surface area contributed by atoms with Gasteiger partial charge in [-0.3, -0.25) is 14.7 Å². The SMILES string of the molecule is CN1C(=O)C(c2ccnc(CF)c2)(c2ccc(F)c(-c3ccoc3)c2)N=C1N. The second kappa shape index (κ2) is 6.56. The van der Waals surface area contributed by atoms with Crippen LogP contribution in [-0.2, 0) is 17.0 Å². The third-order valence-electron chi connectivity index (χ3n) is 4.83. The van der Waals surface area contributed by atoms with Crippen LogP contribution in [0.1, 0.15) is 16.8 Å². The molecule has 8 heteroatoms. The summed E-state index contributed by atoms with van der Waals surface area (Å²) in [5, 5.41) is 0. The molecule has 2 aromatic heterocycles. The van der Waals surface area contributed by atoms with Gasteiger partial charge in [0, 0.05) is 24.4 Å². The molecule has 28 heavy (non-hydrogen) atoms. The number of guanidine groups is 1. The van der Waals surface area contributed by atoms with E-state index in [1.165, 1.54) is 54.9 Å². The lowest BCUT2D eigenvalue weighted by Crippen LogP contribution is -2.41. The number of pyridine rings is 1. The summed E-state index contributed by atoms with van der Waals surface area (Å²) in [7, 11) is 1.50. The number of carbonyl (C=O) groups excluding carboxylic acids is 1. The molecule has 0 aliphatic carbocycles. The van der Waals surface area contributed by atoms with E-state index in [1.807, 2.05) is 0 Å². The third kappa shape index (κ3) is 2.57. The molecule has 0 saturated heterocycles. The van der Waals surface area contributed by atoms with Crippen LogP contribution in [0, 0.1) is 5.82 Å². The number of hydrogen-bond donors (Lipinski definition) is 1. The number of aliphatic imine (C=N–C) groups is 1. The van der Waals surface area contributed by atoms with Gasteiger partial charge < -0.3 is 10.2 Å². The van der Waals surface area contributed by atoms with Gasteiger partial charge in [0.15, 0.2) is 11.5 Å². The first-order valence-corrected chi connectivity index (χ1v) is 8.45. The first-order chi connectivity index (χ1) is 13.5. The van der Waals surface area contributed by atoms with Crippen LogP contribution < -0.4 is 5.73 Å². The van der Waals surface area contributed by atoms with E-state index >= 15 is 0 Å². The van der Waals surface area contributed by atoms with Gasteiger partial charge in [0.1, 0.15) is 12.5 Å². The van der Waals surface area contributed by atoms with E-state index in [0.29, 0.717) is 16.7 Å². The molecule has 1 aliphatic heterocycles. The van der Waals surface area contributed by atoms with Crippen molar-refractivity contribution < 1.29 is 18.0 Å². The number of amides is 1. The number of nitrogens with zero attached hydrogens (tertiary/aromatic N) is 3. The van der Waals surface area contributed by atoms with Gasteiger partial charge in [-0.2, -0.15) is 0 Å². The molecule has 4 rings (SSSR count). The summed E-state index contributed by atoms with van der Waals surface area (Å²) in [4.78, 5) is 22.8. The van der Waals surface area contributed by atoms with E-state index < -0.39 is 23.9 Å². The largest absolute Gasteiger partial charge is 0.472 e. The van der Waals surface area contributed by atoms with Crippen LogP contribution in [0.2, 0.25) is 0 Å². The Morgan fingerprint density at radius 3 is 2.64 bits per heavy atom. The van der Waals surface area contributed by atoms with Crippen LogP contribution >= 0.6 is 0 Å². The van der Waals surface area contributed by atoms with Crippen LogP contribution in [0.3, 0.4) is 0 Å². The first kappa shape index (κ1) is 17.8. The number of nitrogens with two attached hydrogens (primary N) is 1. The summed E-state index contributed by atoms with van der Waals surface area (Å²) in [5.74, 6) is -0.890. The van der Waals surface area contributed by atoms with Crippen LogP contribution in [0.15, 0.2) is 64.5 Å². The van der Waals surface area contributed by atoms with E-state index in [0.717, 1.165) is 0 Å². The molecule has 1 unspecified atom stereocenters. The number of hydrogen-bond acceptors (Lipinski definition) is 5. The minimum Gasteiger partial charge on any atom is -0.472 e. The fourth-order valence-electron chi connectivity index (χ4n) is 3.35. The number of carbonyl (C=O) groups is 1. The Labute approximate surface area is 159 Å². The molecule has 3 heterocycles. The van der Waals surface area contributed by atoms with E-state index in [4.69, 9.17) is 10.2 Å². The molecule has 1 aromatic carbocycles. The Morgan fingerprint density at radius 1 is 1.21 bits per heavy atom. The maximum Gasteiger partial charge on any atom is 0.266 e. The molecule has 142 valence electrons. The second-order valence-corrected chi connectivity index (χ2v) is 6.42. The van der Waals surface area contributed by atoms with Gasteiger partial charge in [0.05, 0.1) is 18.2 Å². The van der Waals surface area contributed by atoms with Crippen LogP contribution in [0.4, 0.5) is 8.78 Å². The quantitative estimate of drug-likeness (QED) is 0.752. The molecule has 1 amide bonds. The van der Waals surface area contributed by atoms with Gasteiger partial charge in [-0.15, -0.1) is 0 Å². The van der Waals surface area contributed by atoms with E-state index in [2.05, 4.69) is 9.98 Å². The predicted octanol–water partition coefficient (Wildman–Crippen LogP) is 2.98. The lowest BCUT2D eigenvalue weighted by Gasteiger charge is -2.26. The molecule has 3 aromatic rings. The zero-order valence-electron chi connectivity index (χ0n) is 14.9. The molecule has 0 spiro atoms. The summed E-state index contributed by atoms with van der Waals surface area (Å²) in [6.07, 6.45) is 4.24. The van der Waals surface area contributed by atoms with Crippen molar-refractivity contribution in [2.75, 3.05) is 7.05 Å². The molecular weight excluding hydrogens is 366 g/mol. The van der Waals surface area contributed by atoms with Crippen LogP contribution in [0.5, 0.6) is 0 Å². The second-order valence-electron chi connectivity index (χ2n) is 6.42. The minimum atomic E-state index is -1.56. The maximum absolute atomic E-state index is 14.5. The Kier molecular flexibility index (Phi) is 4.18. The fraction of sp³-hybridized carbons (Fsp3) is 0.150. The van der Waals surface area contributed by atoms with Crippen molar-refractivity contribution in [1.82, 2.24) is 9.88 Å². The number of benzene rings is 1. The Morgan fingerprint density at radius 2 is 2.00 bits per heavy atom. The highest BCUT2D eigenvalue weighted by Gasteiger charge is 2.49. The highest BCUT2D eigenvalue weighted by atomic mass is 19.1. The van der Waals surface area contributed by atoms with Crippen molar-refractivity contribution in [3.05, 3.63) is 77.8 Å². The lowest BCUT2D eigenvalue weighted by atomic mass is 9.82. The third-order valence-corrected chi connectivity index (χ3v) is 4.83. The number of halogens is 2. The number of likely N-dealkylation sites (N-methyl/N-ethyl adjacent to an activating group) is 1. The first-order valence-electron chi connectivity index (χ1n) is 8.45. The molecule has 0 radical (unpaired) electrons. The van der Waals surface area contributed by atoms with Crippen molar-refractivity contribution in [2.45, 2.75) is 12.2 Å². The zero-order chi connectivity index (χ0) is 19.9. The van der Waals surface area contributed by atoms with Crippen molar-refractivity contribution in [3.8, 4) is 11.1 Å². The maximum atomic E-state index is 14.5. The highest BCUT2D eigenvalue weighted by molar-refractivity contribution is 6.09. The van der Waals surface area contributed by atoms with Crippen molar-refractivity contribution in [1.29, 1.82) is 0 Å². The standard InChI is InChI=1S/C20H16F2N4O2/c1-26-18(27)20(25-19(26)23,14-4-6-24-15(8-14)10-21)13-2-3-17(22)16(9-13)12-5-7-28-11-12/h2-9,11H,10H2,1H3,(H2,23,25). The predicted molar refractivity (Wildman–Crippen MR) is 98.3 cm³/mol. The van der Waals surface area contributed by atoms with E-state index in [9.17, 15) is 13.6 Å². The average molecular weight is 382 g/mol. The van der Waals surface area contributed by atoms with Crippen molar-refractivity contribution in [3.63, 3.8) is 0 Å². The summed E-state index contributed by atoms with van der Waals surface area (Å²) in [5.41, 5.74) is 6.10. The summed E-state index contributed by atoms with van der Waals surface area (Å²) in [6, 6.07) is 8.92. The van der Waals surface area contributed by atoms with Crippen molar-refractivity contribution in [2.24, 2.45) is 10.7 Å². The highest BCUT2D eigenvalue weighted by Crippen LogP contribution is 2.41. The summed E-state index contributed by atoms with van der Waals surface area (Å²) in [6.45, 7) is -0.795. The average Bonchev–Trinajstić information content (AvgIpc) is 3.32. The van der Waals surface area contributed by atoms with E-state index in [-0.39, 0.29) is 17.2 Å². The Balaban J connectivity index is 1.98. The fourth-order valence-corrected chi connectivity index (χ4v) is 3.35. The number of aromatic nitrogens is 1. The molecule has 0 saturated carbocycles. The molecule has 1 atom stereocenters. The van der Waals surface area contributed by atoms with Gasteiger partial charge in [-0.1, -0.05) is 6.07 Å². The van der Waals surface area contributed by atoms with Crippen LogP contribution in [-0.4, -0.2) is 28.8 Å². The van der Waals surface area contributed by atoms with Gasteiger partial charge in [-0.25, -0.2) is 13.8 Å². The molecule has 6 nitrogen and oxygen atoms in total. The lowest BCUT2D eigenvalue weighted by molar-refractivity contribution is -0.129. The monoisotopic (exact) mass is 382 g/mol. The molecule has 0 fully saturated rings. The Bertz CT molecular complexity index is 1080.